The third-order valence-electron chi connectivity index (χ3n) is 5.73. The molecule has 0 saturated heterocycles. The third-order valence-corrected chi connectivity index (χ3v) is 6.04. The lowest BCUT2D eigenvalue weighted by Crippen LogP contribution is -2.14. The van der Waals surface area contributed by atoms with Crippen molar-refractivity contribution in [3.8, 4) is 22.8 Å². The van der Waals surface area contributed by atoms with Gasteiger partial charge in [0.1, 0.15) is 0 Å². The number of anilines is 1. The van der Waals surface area contributed by atoms with Crippen molar-refractivity contribution in [2.45, 2.75) is 6.54 Å². The Morgan fingerprint density at radius 2 is 1.72 bits per heavy atom. The zero-order chi connectivity index (χ0) is 25.1. The summed E-state index contributed by atoms with van der Waals surface area (Å²) in [6, 6.07) is 18.5. The number of methoxy groups -OCH3 is 2. The van der Waals surface area contributed by atoms with Gasteiger partial charge in [0.2, 0.25) is 0 Å². The lowest BCUT2D eigenvalue weighted by atomic mass is 10.1. The van der Waals surface area contributed by atoms with Gasteiger partial charge in [0.25, 0.3) is 5.91 Å². The second-order valence-corrected chi connectivity index (χ2v) is 8.36. The first-order valence-electron chi connectivity index (χ1n) is 11.1. The fraction of sp³-hybridized carbons (Fsp3) is 0.111. The van der Waals surface area contributed by atoms with E-state index in [1.54, 1.807) is 41.5 Å². The molecular weight excluding hydrogens is 478 g/mol. The molecule has 0 aliphatic rings. The molecule has 5 aromatic rings. The molecule has 8 nitrogen and oxygen atoms in total. The predicted octanol–water partition coefficient (Wildman–Crippen LogP) is 5.46. The number of halogens is 1. The van der Waals surface area contributed by atoms with Gasteiger partial charge < -0.3 is 14.8 Å². The van der Waals surface area contributed by atoms with Gasteiger partial charge in [-0.05, 0) is 23.8 Å². The number of nitrogens with zero attached hydrogens (tertiary/aromatic N) is 4. The molecule has 9 heteroatoms. The number of pyridine rings is 2. The number of benzene rings is 2. The van der Waals surface area contributed by atoms with E-state index in [-0.39, 0.29) is 5.91 Å². The lowest BCUT2D eigenvalue weighted by Gasteiger charge is -2.13. The fourth-order valence-corrected chi connectivity index (χ4v) is 4.11. The SMILES string of the molecule is COc1cc(Cl)c(NC(=O)c2cc(-c3ccccc3)nc3c2cnn3Cc2ccncc2)cc1OC. The maximum absolute atomic E-state index is 13.6. The van der Waals surface area contributed by atoms with Crippen molar-refractivity contribution < 1.29 is 14.3 Å². The normalized spacial score (nSPS) is 10.9. The van der Waals surface area contributed by atoms with Crippen LogP contribution in [0.15, 0.2) is 79.3 Å². The standard InChI is InChI=1S/C27H22ClN5O3/c1-35-24-13-21(28)23(14-25(24)36-2)32-27(34)19-12-22(18-6-4-3-5-7-18)31-26-20(19)15-30-33(26)16-17-8-10-29-11-9-17/h3-15H,16H2,1-2H3,(H,32,34). The molecule has 1 amide bonds. The first-order chi connectivity index (χ1) is 17.6. The minimum absolute atomic E-state index is 0.322. The van der Waals surface area contributed by atoms with Crippen LogP contribution in [0.4, 0.5) is 5.69 Å². The van der Waals surface area contributed by atoms with Crippen LogP contribution in [-0.4, -0.2) is 39.9 Å². The summed E-state index contributed by atoms with van der Waals surface area (Å²) in [4.78, 5) is 22.5. The smallest absolute Gasteiger partial charge is 0.256 e. The molecular formula is C27H22ClN5O3. The molecule has 0 saturated carbocycles. The number of carbonyl (C=O) groups is 1. The van der Waals surface area contributed by atoms with Crippen LogP contribution in [0, 0.1) is 0 Å². The molecule has 0 fully saturated rings. The fourth-order valence-electron chi connectivity index (χ4n) is 3.91. The van der Waals surface area contributed by atoms with E-state index in [0.717, 1.165) is 11.1 Å². The molecule has 3 aromatic heterocycles. The number of rotatable bonds is 7. The summed E-state index contributed by atoms with van der Waals surface area (Å²) in [7, 11) is 3.04. The predicted molar refractivity (Wildman–Crippen MR) is 139 cm³/mol. The Morgan fingerprint density at radius 1 is 1.00 bits per heavy atom. The molecule has 0 spiro atoms. The number of hydrogen-bond acceptors (Lipinski definition) is 6. The Morgan fingerprint density at radius 3 is 2.44 bits per heavy atom. The monoisotopic (exact) mass is 499 g/mol. The average molecular weight is 500 g/mol. The number of ether oxygens (including phenoxy) is 2. The van der Waals surface area contributed by atoms with E-state index < -0.39 is 0 Å². The number of hydrogen-bond donors (Lipinski definition) is 1. The molecule has 3 heterocycles. The van der Waals surface area contributed by atoms with Crippen LogP contribution in [0.2, 0.25) is 5.02 Å². The van der Waals surface area contributed by atoms with Gasteiger partial charge in [0.05, 0.1) is 54.3 Å². The maximum atomic E-state index is 13.6. The number of amides is 1. The Kier molecular flexibility index (Phi) is 6.51. The molecule has 0 aliphatic heterocycles. The summed E-state index contributed by atoms with van der Waals surface area (Å²) in [6.07, 6.45) is 5.12. The van der Waals surface area contributed by atoms with Crippen molar-refractivity contribution in [2.24, 2.45) is 0 Å². The summed E-state index contributed by atoms with van der Waals surface area (Å²) < 4.78 is 12.4. The van der Waals surface area contributed by atoms with Gasteiger partial charge in [-0.25, -0.2) is 9.67 Å². The summed E-state index contributed by atoms with van der Waals surface area (Å²) in [5.74, 6) is 0.569. The Balaban J connectivity index is 1.59. The Labute approximate surface area is 212 Å². The van der Waals surface area contributed by atoms with Gasteiger partial charge in [0, 0.05) is 30.1 Å². The second-order valence-electron chi connectivity index (χ2n) is 7.96. The molecule has 1 N–H and O–H groups in total. The average Bonchev–Trinajstić information content (AvgIpc) is 3.32. The van der Waals surface area contributed by atoms with Gasteiger partial charge in [-0.3, -0.25) is 9.78 Å². The van der Waals surface area contributed by atoms with Crippen LogP contribution in [0.25, 0.3) is 22.3 Å². The zero-order valence-electron chi connectivity index (χ0n) is 19.6. The molecule has 36 heavy (non-hydrogen) atoms. The van der Waals surface area contributed by atoms with E-state index in [0.29, 0.717) is 51.0 Å². The van der Waals surface area contributed by atoms with Gasteiger partial charge >= 0.3 is 0 Å². The Hall–Kier alpha value is -4.43. The summed E-state index contributed by atoms with van der Waals surface area (Å²) >= 11 is 6.42. The maximum Gasteiger partial charge on any atom is 0.256 e. The van der Waals surface area contributed by atoms with E-state index in [9.17, 15) is 4.79 Å². The van der Waals surface area contributed by atoms with Crippen molar-refractivity contribution in [2.75, 3.05) is 19.5 Å². The van der Waals surface area contributed by atoms with Crippen LogP contribution in [0.5, 0.6) is 11.5 Å². The van der Waals surface area contributed by atoms with E-state index in [4.69, 9.17) is 26.1 Å². The largest absolute Gasteiger partial charge is 0.493 e. The first-order valence-corrected chi connectivity index (χ1v) is 11.5. The summed E-state index contributed by atoms with van der Waals surface area (Å²) in [5.41, 5.74) is 3.97. The van der Waals surface area contributed by atoms with E-state index in [1.807, 2.05) is 42.5 Å². The highest BCUT2D eigenvalue weighted by molar-refractivity contribution is 6.34. The van der Waals surface area contributed by atoms with Gasteiger partial charge in [-0.2, -0.15) is 5.10 Å². The third kappa shape index (κ3) is 4.58. The highest BCUT2D eigenvalue weighted by Gasteiger charge is 2.20. The number of aromatic nitrogens is 4. The van der Waals surface area contributed by atoms with E-state index in [2.05, 4.69) is 15.4 Å². The quantitative estimate of drug-likeness (QED) is 0.319. The lowest BCUT2D eigenvalue weighted by molar-refractivity contribution is 0.102. The van der Waals surface area contributed by atoms with Gasteiger partial charge in [0.15, 0.2) is 17.1 Å². The topological polar surface area (TPSA) is 91.2 Å². The Bertz CT molecular complexity index is 1540. The van der Waals surface area contributed by atoms with Crippen molar-refractivity contribution in [1.82, 2.24) is 19.7 Å². The number of carbonyl (C=O) groups excluding carboxylic acids is 1. The van der Waals surface area contributed by atoms with Crippen LogP contribution in [0.3, 0.4) is 0 Å². The molecule has 0 radical (unpaired) electrons. The van der Waals surface area contributed by atoms with Gasteiger partial charge in [-0.15, -0.1) is 0 Å². The summed E-state index contributed by atoms with van der Waals surface area (Å²) in [6.45, 7) is 0.486. The molecule has 5 rings (SSSR count). The molecule has 0 aliphatic carbocycles. The van der Waals surface area contributed by atoms with Crippen molar-refractivity contribution in [3.05, 3.63) is 95.4 Å². The highest BCUT2D eigenvalue weighted by Crippen LogP contribution is 2.36. The molecule has 0 atom stereocenters. The minimum Gasteiger partial charge on any atom is -0.493 e. The van der Waals surface area contributed by atoms with Crippen molar-refractivity contribution in [3.63, 3.8) is 0 Å². The number of fused-ring (bicyclic) bond motifs is 1. The van der Waals surface area contributed by atoms with Crippen LogP contribution < -0.4 is 14.8 Å². The van der Waals surface area contributed by atoms with Crippen LogP contribution in [0.1, 0.15) is 15.9 Å². The number of nitrogens with one attached hydrogen (secondary N) is 1. The van der Waals surface area contributed by atoms with Gasteiger partial charge in [-0.1, -0.05) is 41.9 Å². The van der Waals surface area contributed by atoms with Crippen LogP contribution >= 0.6 is 11.6 Å². The molecule has 2 aromatic carbocycles. The van der Waals surface area contributed by atoms with Crippen molar-refractivity contribution >= 4 is 34.2 Å². The zero-order valence-corrected chi connectivity index (χ0v) is 20.4. The van der Waals surface area contributed by atoms with Crippen molar-refractivity contribution in [1.29, 1.82) is 0 Å². The first kappa shape index (κ1) is 23.3. The minimum atomic E-state index is -0.350. The highest BCUT2D eigenvalue weighted by atomic mass is 35.5. The van der Waals surface area contributed by atoms with Crippen LogP contribution in [-0.2, 0) is 6.54 Å². The second kappa shape index (κ2) is 10.1. The summed E-state index contributed by atoms with van der Waals surface area (Å²) in [5, 5.41) is 8.38. The molecule has 0 bridgehead atoms. The molecule has 180 valence electrons. The van der Waals surface area contributed by atoms with E-state index in [1.165, 1.54) is 14.2 Å². The molecule has 0 unspecified atom stereocenters. The van der Waals surface area contributed by atoms with E-state index >= 15 is 0 Å².